The zero-order valence-corrected chi connectivity index (χ0v) is 12.8. The van der Waals surface area contributed by atoms with Gasteiger partial charge in [0, 0.05) is 10.6 Å². The van der Waals surface area contributed by atoms with Crippen LogP contribution in [0.15, 0.2) is 40.3 Å². The Labute approximate surface area is 125 Å². The lowest BCUT2D eigenvalue weighted by molar-refractivity contribution is -0.120. The minimum Gasteiger partial charge on any atom is -0.272 e. The van der Waals surface area contributed by atoms with Crippen molar-refractivity contribution >= 4 is 23.4 Å². The van der Waals surface area contributed by atoms with Gasteiger partial charge in [-0.15, -0.1) is 11.8 Å². The first-order chi connectivity index (χ1) is 9.75. The molecular formula is C16H22N2OS. The van der Waals surface area contributed by atoms with Gasteiger partial charge in [0.2, 0.25) is 0 Å². The summed E-state index contributed by atoms with van der Waals surface area (Å²) in [5.41, 5.74) is 3.87. The summed E-state index contributed by atoms with van der Waals surface area (Å²) in [5, 5.41) is 4.18. The van der Waals surface area contributed by atoms with E-state index in [-0.39, 0.29) is 11.2 Å². The number of hydrazone groups is 1. The van der Waals surface area contributed by atoms with Gasteiger partial charge < -0.3 is 0 Å². The van der Waals surface area contributed by atoms with E-state index in [1.54, 1.807) is 11.8 Å². The summed E-state index contributed by atoms with van der Waals surface area (Å²) in [7, 11) is 0. The van der Waals surface area contributed by atoms with E-state index in [0.29, 0.717) is 0 Å². The molecule has 108 valence electrons. The molecule has 1 amide bonds. The lowest BCUT2D eigenvalue weighted by Gasteiger charge is -2.10. The summed E-state index contributed by atoms with van der Waals surface area (Å²) in [6, 6.07) is 9.99. The van der Waals surface area contributed by atoms with Gasteiger partial charge in [-0.3, -0.25) is 4.79 Å². The minimum atomic E-state index is -0.132. The number of hydrogen-bond donors (Lipinski definition) is 1. The molecule has 0 bridgehead atoms. The number of hydrogen-bond acceptors (Lipinski definition) is 3. The summed E-state index contributed by atoms with van der Waals surface area (Å²) in [5.74, 6) is -0.0180. The van der Waals surface area contributed by atoms with Gasteiger partial charge in [-0.2, -0.15) is 5.10 Å². The first-order valence-electron chi connectivity index (χ1n) is 7.32. The van der Waals surface area contributed by atoms with E-state index >= 15 is 0 Å². The molecular weight excluding hydrogens is 268 g/mol. The smallest absolute Gasteiger partial charge is 0.253 e. The molecule has 0 aromatic heterocycles. The maximum absolute atomic E-state index is 12.0. The first-order valence-corrected chi connectivity index (χ1v) is 8.20. The molecule has 1 aromatic carbocycles. The quantitative estimate of drug-likeness (QED) is 0.517. The fourth-order valence-corrected chi connectivity index (χ4v) is 3.11. The molecule has 3 nitrogen and oxygen atoms in total. The summed E-state index contributed by atoms with van der Waals surface area (Å²) < 4.78 is 0. The lowest BCUT2D eigenvalue weighted by Crippen LogP contribution is -2.27. The van der Waals surface area contributed by atoms with Crippen molar-refractivity contribution in [2.24, 2.45) is 5.10 Å². The molecule has 0 unspecified atom stereocenters. The number of amides is 1. The highest BCUT2D eigenvalue weighted by molar-refractivity contribution is 8.00. The van der Waals surface area contributed by atoms with Crippen molar-refractivity contribution in [1.82, 2.24) is 5.43 Å². The standard InChI is InChI=1S/C16H22N2OS/c1-13(20-15-11-7-4-8-12-15)16(19)18-17-14-9-5-2-3-6-10-14/h4,7-8,11-13H,2-3,5-6,9-10H2,1H3,(H,18,19)/t13-/m1/s1. The Morgan fingerprint density at radius 1 is 1.15 bits per heavy atom. The highest BCUT2D eigenvalue weighted by Gasteiger charge is 2.14. The van der Waals surface area contributed by atoms with Crippen LogP contribution < -0.4 is 5.43 Å². The van der Waals surface area contributed by atoms with E-state index in [9.17, 15) is 4.79 Å². The molecule has 4 heteroatoms. The van der Waals surface area contributed by atoms with Gasteiger partial charge in [-0.05, 0) is 44.7 Å². The van der Waals surface area contributed by atoms with Crippen LogP contribution >= 0.6 is 11.8 Å². The van der Waals surface area contributed by atoms with Gasteiger partial charge in [0.15, 0.2) is 0 Å². The Morgan fingerprint density at radius 2 is 1.80 bits per heavy atom. The van der Waals surface area contributed by atoms with Crippen LogP contribution in [0, 0.1) is 0 Å². The third-order valence-electron chi connectivity index (χ3n) is 3.43. The summed E-state index contributed by atoms with van der Waals surface area (Å²) in [4.78, 5) is 13.1. The van der Waals surface area contributed by atoms with Crippen molar-refractivity contribution in [3.8, 4) is 0 Å². The molecule has 1 aromatic rings. The highest BCUT2D eigenvalue weighted by Crippen LogP contribution is 2.22. The molecule has 20 heavy (non-hydrogen) atoms. The predicted octanol–water partition coefficient (Wildman–Crippen LogP) is 3.99. The fourth-order valence-electron chi connectivity index (χ4n) is 2.23. The maximum atomic E-state index is 12.0. The van der Waals surface area contributed by atoms with Crippen molar-refractivity contribution in [2.75, 3.05) is 0 Å². The molecule has 1 aliphatic carbocycles. The van der Waals surface area contributed by atoms with Crippen LogP contribution in [-0.4, -0.2) is 16.9 Å². The number of nitrogens with zero attached hydrogens (tertiary/aromatic N) is 1. The summed E-state index contributed by atoms with van der Waals surface area (Å²) >= 11 is 1.56. The van der Waals surface area contributed by atoms with Gasteiger partial charge in [0.1, 0.15) is 0 Å². The minimum absolute atomic E-state index is 0.0180. The van der Waals surface area contributed by atoms with E-state index in [4.69, 9.17) is 0 Å². The number of nitrogens with one attached hydrogen (secondary N) is 1. The first kappa shape index (κ1) is 15.1. The number of benzene rings is 1. The van der Waals surface area contributed by atoms with Crippen molar-refractivity contribution in [1.29, 1.82) is 0 Å². The van der Waals surface area contributed by atoms with E-state index in [1.807, 2.05) is 37.3 Å². The second-order valence-electron chi connectivity index (χ2n) is 5.14. The molecule has 0 radical (unpaired) electrons. The Kier molecular flexibility index (Phi) is 6.12. The van der Waals surface area contributed by atoms with Gasteiger partial charge >= 0.3 is 0 Å². The Hall–Kier alpha value is -1.29. The molecule has 1 N–H and O–H groups in total. The van der Waals surface area contributed by atoms with Gasteiger partial charge in [-0.25, -0.2) is 5.43 Å². The van der Waals surface area contributed by atoms with E-state index in [1.165, 1.54) is 25.7 Å². The van der Waals surface area contributed by atoms with Crippen LogP contribution in [0.25, 0.3) is 0 Å². The number of carbonyl (C=O) groups is 1. The van der Waals surface area contributed by atoms with E-state index < -0.39 is 0 Å². The number of rotatable bonds is 4. The Bertz CT molecular complexity index is 449. The highest BCUT2D eigenvalue weighted by atomic mass is 32.2. The summed E-state index contributed by atoms with van der Waals surface area (Å²) in [6.45, 7) is 1.92. The van der Waals surface area contributed by atoms with Crippen molar-refractivity contribution in [3.63, 3.8) is 0 Å². The molecule has 0 saturated heterocycles. The molecule has 0 heterocycles. The number of carbonyl (C=O) groups excluding carboxylic acids is 1. The van der Waals surface area contributed by atoms with Crippen LogP contribution in [-0.2, 0) is 4.79 Å². The zero-order chi connectivity index (χ0) is 14.2. The third-order valence-corrected chi connectivity index (χ3v) is 4.54. The van der Waals surface area contributed by atoms with Crippen LogP contribution in [0.1, 0.15) is 45.4 Å². The normalized spacial score (nSPS) is 17.1. The Morgan fingerprint density at radius 3 is 2.45 bits per heavy atom. The topological polar surface area (TPSA) is 41.5 Å². The maximum Gasteiger partial charge on any atom is 0.253 e. The van der Waals surface area contributed by atoms with Gasteiger partial charge in [0.05, 0.1) is 5.25 Å². The van der Waals surface area contributed by atoms with E-state index in [0.717, 1.165) is 23.4 Å². The number of thioether (sulfide) groups is 1. The second-order valence-corrected chi connectivity index (χ2v) is 6.56. The Balaban J connectivity index is 1.83. The molecule has 1 atom stereocenters. The van der Waals surface area contributed by atoms with Crippen LogP contribution in [0.5, 0.6) is 0 Å². The lowest BCUT2D eigenvalue weighted by atomic mass is 10.2. The van der Waals surface area contributed by atoms with E-state index in [2.05, 4.69) is 10.5 Å². The van der Waals surface area contributed by atoms with Crippen molar-refractivity contribution < 1.29 is 4.79 Å². The molecule has 1 saturated carbocycles. The zero-order valence-electron chi connectivity index (χ0n) is 12.0. The molecule has 0 aliphatic heterocycles. The molecule has 0 spiro atoms. The summed E-state index contributed by atoms with van der Waals surface area (Å²) in [6.07, 6.45) is 7.02. The van der Waals surface area contributed by atoms with Crippen LogP contribution in [0.2, 0.25) is 0 Å². The molecule has 2 rings (SSSR count). The second kappa shape index (κ2) is 8.10. The molecule has 1 fully saturated rings. The van der Waals surface area contributed by atoms with Gasteiger partial charge in [0.25, 0.3) is 5.91 Å². The largest absolute Gasteiger partial charge is 0.272 e. The average molecular weight is 290 g/mol. The fraction of sp³-hybridized carbons (Fsp3) is 0.500. The third kappa shape index (κ3) is 5.00. The predicted molar refractivity (Wildman–Crippen MR) is 85.0 cm³/mol. The van der Waals surface area contributed by atoms with Crippen LogP contribution in [0.4, 0.5) is 0 Å². The average Bonchev–Trinajstić information content (AvgIpc) is 2.74. The van der Waals surface area contributed by atoms with Crippen LogP contribution in [0.3, 0.4) is 0 Å². The van der Waals surface area contributed by atoms with Gasteiger partial charge in [-0.1, -0.05) is 31.0 Å². The van der Waals surface area contributed by atoms with Crippen molar-refractivity contribution in [3.05, 3.63) is 30.3 Å². The SMILES string of the molecule is C[C@@H](Sc1ccccc1)C(=O)NN=C1CCCCCC1. The monoisotopic (exact) mass is 290 g/mol. The van der Waals surface area contributed by atoms with Crippen molar-refractivity contribution in [2.45, 2.75) is 55.6 Å². The molecule has 1 aliphatic rings.